The number of fused-ring (bicyclic) bond motifs is 1. The van der Waals surface area contributed by atoms with Crippen LogP contribution >= 0.6 is 0 Å². The van der Waals surface area contributed by atoms with Gasteiger partial charge in [-0.25, -0.2) is 9.07 Å². The Bertz CT molecular complexity index is 1290. The quantitative estimate of drug-likeness (QED) is 0.497. The maximum Gasteiger partial charge on any atom is 0.172 e. The molecule has 7 heteroatoms. The minimum atomic E-state index is -0.235. The summed E-state index contributed by atoms with van der Waals surface area (Å²) in [5, 5.41) is 5.47. The number of halogens is 1. The first kappa shape index (κ1) is 21.3. The van der Waals surface area contributed by atoms with Crippen LogP contribution in [0.5, 0.6) is 5.75 Å². The Morgan fingerprint density at radius 1 is 0.939 bits per heavy atom. The molecule has 6 nitrogen and oxygen atoms in total. The first-order chi connectivity index (χ1) is 16.1. The van der Waals surface area contributed by atoms with Crippen molar-refractivity contribution in [2.75, 3.05) is 43.1 Å². The second-order valence-corrected chi connectivity index (χ2v) is 8.34. The van der Waals surface area contributed by atoms with Crippen LogP contribution in [-0.4, -0.2) is 43.1 Å². The Labute approximate surface area is 193 Å². The van der Waals surface area contributed by atoms with Crippen LogP contribution in [0.4, 0.5) is 15.8 Å². The van der Waals surface area contributed by atoms with E-state index in [9.17, 15) is 0 Å². The summed E-state index contributed by atoms with van der Waals surface area (Å²) in [6.45, 7) is 5.42. The number of benzene rings is 3. The molecule has 170 valence electrons. The van der Waals surface area contributed by atoms with Crippen molar-refractivity contribution >= 4 is 22.3 Å². The van der Waals surface area contributed by atoms with Crippen molar-refractivity contribution in [3.05, 3.63) is 77.7 Å². The zero-order valence-electron chi connectivity index (χ0n) is 19.0. The molecule has 0 unspecified atom stereocenters. The Morgan fingerprint density at radius 2 is 1.67 bits per heavy atom. The molecule has 0 aliphatic carbocycles. The van der Waals surface area contributed by atoms with Gasteiger partial charge in [0.2, 0.25) is 0 Å². The van der Waals surface area contributed by atoms with E-state index in [0.29, 0.717) is 17.7 Å². The molecule has 0 bridgehead atoms. The number of hydrogen-bond acceptors (Lipinski definition) is 5. The molecule has 0 amide bonds. The number of nitrogens with zero attached hydrogens (tertiary/aromatic N) is 4. The van der Waals surface area contributed by atoms with Crippen molar-refractivity contribution in [1.29, 1.82) is 0 Å². The van der Waals surface area contributed by atoms with E-state index in [1.165, 1.54) is 0 Å². The van der Waals surface area contributed by atoms with Gasteiger partial charge < -0.3 is 20.3 Å². The molecule has 1 saturated heterocycles. The third kappa shape index (κ3) is 3.89. The topological polar surface area (TPSA) is 59.5 Å². The van der Waals surface area contributed by atoms with Crippen molar-refractivity contribution in [2.45, 2.75) is 13.5 Å². The van der Waals surface area contributed by atoms with Gasteiger partial charge in [0.25, 0.3) is 0 Å². The molecule has 3 aromatic carbocycles. The van der Waals surface area contributed by atoms with Crippen molar-refractivity contribution in [2.24, 2.45) is 5.73 Å². The van der Waals surface area contributed by atoms with Crippen LogP contribution in [0, 0.1) is 12.7 Å². The molecule has 5 rings (SSSR count). The molecule has 1 aromatic heterocycles. The van der Waals surface area contributed by atoms with Crippen LogP contribution in [0.2, 0.25) is 0 Å². The van der Waals surface area contributed by atoms with Crippen LogP contribution in [0.1, 0.15) is 11.3 Å². The number of aromatic nitrogens is 2. The summed E-state index contributed by atoms with van der Waals surface area (Å²) in [6.07, 6.45) is 0. The highest BCUT2D eigenvalue weighted by atomic mass is 19.1. The van der Waals surface area contributed by atoms with Gasteiger partial charge in [-0.3, -0.25) is 0 Å². The maximum absolute atomic E-state index is 16.0. The van der Waals surface area contributed by atoms with E-state index in [-0.39, 0.29) is 5.82 Å². The molecule has 4 aromatic rings. The van der Waals surface area contributed by atoms with E-state index < -0.39 is 0 Å². The lowest BCUT2D eigenvalue weighted by atomic mass is 10.1. The summed E-state index contributed by atoms with van der Waals surface area (Å²) in [6, 6.07) is 19.7. The maximum atomic E-state index is 16.0. The number of hydrogen-bond donors (Lipinski definition) is 1. The summed E-state index contributed by atoms with van der Waals surface area (Å²) in [4.78, 5) is 4.43. The minimum absolute atomic E-state index is 0.235. The highest BCUT2D eigenvalue weighted by Gasteiger charge is 2.23. The summed E-state index contributed by atoms with van der Waals surface area (Å²) in [7, 11) is 1.68. The third-order valence-electron chi connectivity index (χ3n) is 6.38. The van der Waals surface area contributed by atoms with Gasteiger partial charge in [-0.15, -0.1) is 0 Å². The molecule has 33 heavy (non-hydrogen) atoms. The molecule has 1 aliphatic heterocycles. The van der Waals surface area contributed by atoms with Crippen molar-refractivity contribution < 1.29 is 9.13 Å². The second-order valence-electron chi connectivity index (χ2n) is 8.34. The van der Waals surface area contributed by atoms with Crippen molar-refractivity contribution in [1.82, 2.24) is 9.78 Å². The number of piperazine rings is 1. The lowest BCUT2D eigenvalue weighted by Crippen LogP contribution is -2.46. The van der Waals surface area contributed by atoms with Gasteiger partial charge in [0.05, 0.1) is 24.2 Å². The van der Waals surface area contributed by atoms with E-state index in [0.717, 1.165) is 59.9 Å². The fraction of sp³-hybridized carbons (Fsp3) is 0.269. The van der Waals surface area contributed by atoms with Gasteiger partial charge in [0.1, 0.15) is 11.3 Å². The molecular formula is C26H28FN5O. The van der Waals surface area contributed by atoms with E-state index in [1.807, 2.05) is 61.5 Å². The van der Waals surface area contributed by atoms with Gasteiger partial charge >= 0.3 is 0 Å². The Balaban J connectivity index is 1.45. The van der Waals surface area contributed by atoms with Crippen molar-refractivity contribution in [3.8, 4) is 11.4 Å². The third-order valence-corrected chi connectivity index (χ3v) is 6.38. The highest BCUT2D eigenvalue weighted by molar-refractivity contribution is 5.87. The summed E-state index contributed by atoms with van der Waals surface area (Å²) in [5.41, 5.74) is 10.7. The monoisotopic (exact) mass is 445 g/mol. The van der Waals surface area contributed by atoms with Crippen LogP contribution in [-0.2, 0) is 6.54 Å². The van der Waals surface area contributed by atoms with Gasteiger partial charge in [0, 0.05) is 49.9 Å². The van der Waals surface area contributed by atoms with E-state index in [1.54, 1.807) is 11.8 Å². The minimum Gasteiger partial charge on any atom is -0.497 e. The fourth-order valence-corrected chi connectivity index (χ4v) is 4.57. The SMILES string of the molecule is COc1cccc(N2CCN(c3ccc4c(C)nn(-c5cccc(CN)c5)c4c3F)CC2)c1. The summed E-state index contributed by atoms with van der Waals surface area (Å²) >= 11 is 0. The van der Waals surface area contributed by atoms with Crippen LogP contribution in [0.15, 0.2) is 60.7 Å². The van der Waals surface area contributed by atoms with Crippen LogP contribution < -0.4 is 20.3 Å². The molecule has 1 fully saturated rings. The van der Waals surface area contributed by atoms with Gasteiger partial charge in [-0.2, -0.15) is 5.10 Å². The zero-order valence-corrected chi connectivity index (χ0v) is 19.0. The molecular weight excluding hydrogens is 417 g/mol. The Hall–Kier alpha value is -3.58. The lowest BCUT2D eigenvalue weighted by molar-refractivity contribution is 0.414. The first-order valence-electron chi connectivity index (χ1n) is 11.2. The number of anilines is 2. The number of aryl methyl sites for hydroxylation is 1. The van der Waals surface area contributed by atoms with E-state index >= 15 is 4.39 Å². The van der Waals surface area contributed by atoms with Crippen LogP contribution in [0.25, 0.3) is 16.6 Å². The molecule has 0 saturated carbocycles. The number of rotatable bonds is 5. The summed E-state index contributed by atoms with van der Waals surface area (Å²) < 4.78 is 23.0. The molecule has 1 aliphatic rings. The average molecular weight is 446 g/mol. The fourth-order valence-electron chi connectivity index (χ4n) is 4.57. The van der Waals surface area contributed by atoms with Gasteiger partial charge in [-0.05, 0) is 48.9 Å². The predicted octanol–water partition coefficient (Wildman–Crippen LogP) is 4.27. The van der Waals surface area contributed by atoms with Crippen LogP contribution in [0.3, 0.4) is 0 Å². The van der Waals surface area contributed by atoms with E-state index in [2.05, 4.69) is 21.0 Å². The summed E-state index contributed by atoms with van der Waals surface area (Å²) in [5.74, 6) is 0.606. The number of nitrogens with two attached hydrogens (primary N) is 1. The zero-order chi connectivity index (χ0) is 22.9. The number of methoxy groups -OCH3 is 1. The highest BCUT2D eigenvalue weighted by Crippen LogP contribution is 2.32. The van der Waals surface area contributed by atoms with Crippen molar-refractivity contribution in [3.63, 3.8) is 0 Å². The molecule has 0 spiro atoms. The predicted molar refractivity (Wildman–Crippen MR) is 131 cm³/mol. The lowest BCUT2D eigenvalue weighted by Gasteiger charge is -2.37. The Kier molecular flexibility index (Phi) is 5.64. The number of ether oxygens (including phenoxy) is 1. The standard InChI is InChI=1S/C26H28FN5O/c1-18-23-9-10-24(25(27)26(23)32(29-18)21-7-3-5-19(15-21)17-28)31-13-11-30(12-14-31)20-6-4-8-22(16-20)33-2/h3-10,15-16H,11-14,17,28H2,1-2H3. The van der Waals surface area contributed by atoms with Gasteiger partial charge in [0.15, 0.2) is 5.82 Å². The molecule has 0 atom stereocenters. The second kappa shape index (κ2) is 8.75. The molecule has 0 radical (unpaired) electrons. The largest absolute Gasteiger partial charge is 0.497 e. The van der Waals surface area contributed by atoms with E-state index in [4.69, 9.17) is 10.5 Å². The smallest absolute Gasteiger partial charge is 0.172 e. The van der Waals surface area contributed by atoms with Gasteiger partial charge in [-0.1, -0.05) is 18.2 Å². The molecule has 2 heterocycles. The Morgan fingerprint density at radius 3 is 2.42 bits per heavy atom. The normalized spacial score (nSPS) is 14.2. The molecule has 2 N–H and O–H groups in total. The first-order valence-corrected chi connectivity index (χ1v) is 11.2. The average Bonchev–Trinajstić information content (AvgIpc) is 3.21.